The van der Waals surface area contributed by atoms with Gasteiger partial charge in [0, 0.05) is 33.4 Å². The van der Waals surface area contributed by atoms with E-state index in [9.17, 15) is 9.32 Å². The fourth-order valence-electron chi connectivity index (χ4n) is 4.61. The van der Waals surface area contributed by atoms with Crippen LogP contribution in [0.15, 0.2) is 47.1 Å². The molecule has 14 heteroatoms. The molecular weight excluding hydrogens is 546 g/mol. The van der Waals surface area contributed by atoms with Crippen LogP contribution in [0.25, 0.3) is 38.5 Å². The van der Waals surface area contributed by atoms with E-state index in [1.807, 2.05) is 24.3 Å². The normalized spacial score (nSPS) is 24.4. The van der Waals surface area contributed by atoms with E-state index in [-0.39, 0.29) is 19.2 Å². The number of benzene rings is 1. The number of nitrogens with one attached hydrogen (secondary N) is 1. The van der Waals surface area contributed by atoms with Gasteiger partial charge in [0.15, 0.2) is 23.7 Å². The average molecular weight is 569 g/mol. The van der Waals surface area contributed by atoms with Gasteiger partial charge in [-0.05, 0) is 10.9 Å². The van der Waals surface area contributed by atoms with Gasteiger partial charge in [0.25, 0.3) is 12.6 Å². The molecule has 39 heavy (non-hydrogen) atoms. The van der Waals surface area contributed by atoms with Crippen LogP contribution in [-0.2, 0) is 19.2 Å². The number of hydrogen-bond acceptors (Lipinski definition) is 10. The lowest BCUT2D eigenvalue weighted by molar-refractivity contribution is -0.0417. The van der Waals surface area contributed by atoms with E-state index in [1.54, 1.807) is 24.8 Å². The van der Waals surface area contributed by atoms with E-state index in [4.69, 9.17) is 32.4 Å². The molecule has 2 saturated heterocycles. The summed E-state index contributed by atoms with van der Waals surface area (Å²) in [6.45, 7) is 5.67. The van der Waals surface area contributed by atoms with Crippen molar-refractivity contribution >= 4 is 38.3 Å². The van der Waals surface area contributed by atoms with Crippen LogP contribution in [0.1, 0.15) is 0 Å². The van der Waals surface area contributed by atoms with Gasteiger partial charge in [-0.2, -0.15) is 9.35 Å². The molecule has 0 unspecified atom stereocenters. The molecule has 0 radical (unpaired) electrons. The number of aliphatic hydroxyl groups is 1. The number of nitrogens with zero attached hydrogens (tertiary/aromatic N) is 6. The number of rotatable bonds is 5. The lowest BCUT2D eigenvalue weighted by Gasteiger charge is -2.15. The van der Waals surface area contributed by atoms with Crippen LogP contribution >= 0.6 is 11.6 Å². The largest absolute Gasteiger partial charge is 0.456 e. The predicted molar refractivity (Wildman–Crippen MR) is 145 cm³/mol. The van der Waals surface area contributed by atoms with E-state index in [0.29, 0.717) is 33.4 Å². The Balaban J connectivity index is 1.22. The van der Waals surface area contributed by atoms with Gasteiger partial charge in [-0.1, -0.05) is 35.9 Å². The van der Waals surface area contributed by atoms with Crippen LogP contribution in [0.2, 0.25) is 5.02 Å². The van der Waals surface area contributed by atoms with Crippen molar-refractivity contribution in [3.63, 3.8) is 0 Å². The molecular formula is C25H23ClN7O5S+. The third kappa shape index (κ3) is 4.70. The van der Waals surface area contributed by atoms with Gasteiger partial charge in [0.05, 0.1) is 47.5 Å². The van der Waals surface area contributed by atoms with Gasteiger partial charge in [0.2, 0.25) is 6.10 Å². The highest BCUT2D eigenvalue weighted by atomic mass is 35.5. The molecule has 0 bridgehead atoms. The van der Waals surface area contributed by atoms with E-state index in [0.717, 1.165) is 11.1 Å². The highest BCUT2D eigenvalue weighted by molar-refractivity contribution is 7.92. The number of hydrogen-bond donors (Lipinski definition) is 2. The number of halogens is 1. The molecule has 0 amide bonds. The van der Waals surface area contributed by atoms with Crippen molar-refractivity contribution in [2.24, 2.45) is 4.36 Å². The Morgan fingerprint density at radius 1 is 1.21 bits per heavy atom. The lowest BCUT2D eigenvalue weighted by atomic mass is 10.0. The standard InChI is InChI=1S/C25H23ClN7O5S/c1-27-25-19(34)12-36-22(25)18(11-37-25)38-24-30-16-8-15(26)21(31-23(16)32-24)14-6-4-13(5-7-14)17-9-29-20(10-28-17)33-39(2,3)35/h1,4-10,18-19,22,34H,11-12H2,2-3H3,(H,30,31,32)/q+1/t18-,19-,22-,25-/m1/s1. The summed E-state index contributed by atoms with van der Waals surface area (Å²) in [6, 6.07) is 9.43. The molecule has 6 rings (SSSR count). The maximum absolute atomic E-state index is 11.9. The van der Waals surface area contributed by atoms with Gasteiger partial charge in [0.1, 0.15) is 0 Å². The van der Waals surface area contributed by atoms with E-state index >= 15 is 0 Å². The summed E-state index contributed by atoms with van der Waals surface area (Å²) in [5.74, 6) is 0.319. The van der Waals surface area contributed by atoms with Gasteiger partial charge < -0.3 is 19.6 Å². The highest BCUT2D eigenvalue weighted by Gasteiger charge is 2.70. The summed E-state index contributed by atoms with van der Waals surface area (Å²) in [6.07, 6.45) is 3.91. The third-order valence-corrected chi connectivity index (χ3v) is 7.33. The zero-order chi connectivity index (χ0) is 27.4. The van der Waals surface area contributed by atoms with Crippen LogP contribution in [0.4, 0.5) is 5.82 Å². The summed E-state index contributed by atoms with van der Waals surface area (Å²) in [5.41, 5.74) is 2.43. The topological polar surface area (TPSA) is 149 Å². The number of ether oxygens (including phenoxy) is 3. The number of pyridine rings is 1. The van der Waals surface area contributed by atoms with Crippen molar-refractivity contribution in [1.29, 1.82) is 0 Å². The summed E-state index contributed by atoms with van der Waals surface area (Å²) in [5, 5.41) is 10.6. The number of H-pyrrole nitrogens is 1. The highest BCUT2D eigenvalue weighted by Crippen LogP contribution is 2.40. The first-order valence-electron chi connectivity index (χ1n) is 11.8. The maximum atomic E-state index is 11.9. The number of fused-ring (bicyclic) bond motifs is 2. The third-order valence-electron chi connectivity index (χ3n) is 6.41. The molecule has 4 aromatic rings. The minimum absolute atomic E-state index is 0.0407. The van der Waals surface area contributed by atoms with Crippen LogP contribution in [-0.4, -0.2) is 84.0 Å². The van der Waals surface area contributed by atoms with Crippen molar-refractivity contribution < 1.29 is 23.5 Å². The van der Waals surface area contributed by atoms with Gasteiger partial charge in [-0.25, -0.2) is 14.2 Å². The Kier molecular flexibility index (Phi) is 6.24. The second kappa shape index (κ2) is 9.51. The molecule has 0 spiro atoms. The van der Waals surface area contributed by atoms with Crippen molar-refractivity contribution in [2.75, 3.05) is 25.7 Å². The Morgan fingerprint density at radius 2 is 1.97 bits per heavy atom. The minimum Gasteiger partial charge on any atom is -0.456 e. The summed E-state index contributed by atoms with van der Waals surface area (Å²) in [7, 11) is -2.32. The van der Waals surface area contributed by atoms with Crippen molar-refractivity contribution in [3.05, 3.63) is 52.6 Å². The monoisotopic (exact) mass is 568 g/mol. The van der Waals surface area contributed by atoms with Crippen LogP contribution in [0.3, 0.4) is 0 Å². The second-order valence-electron chi connectivity index (χ2n) is 9.46. The van der Waals surface area contributed by atoms with Crippen molar-refractivity contribution in [2.45, 2.75) is 24.0 Å². The number of aromatic amines is 1. The molecule has 200 valence electrons. The molecule has 4 atom stereocenters. The molecule has 2 aliphatic rings. The van der Waals surface area contributed by atoms with Gasteiger partial charge >= 0.3 is 5.72 Å². The first kappa shape index (κ1) is 25.6. The Morgan fingerprint density at radius 3 is 2.67 bits per heavy atom. The first-order chi connectivity index (χ1) is 18.6. The predicted octanol–water partition coefficient (Wildman–Crippen LogP) is 3.29. The number of imidazole rings is 1. The van der Waals surface area contributed by atoms with Gasteiger partial charge in [-0.15, -0.1) is 0 Å². The average Bonchev–Trinajstić information content (AvgIpc) is 3.56. The number of aromatic nitrogens is 5. The Hall–Kier alpha value is -3.67. The molecule has 2 fully saturated rings. The molecule has 3 aromatic heterocycles. The first-order valence-corrected chi connectivity index (χ1v) is 14.5. The number of aliphatic hydroxyl groups excluding tert-OH is 1. The maximum Gasteiger partial charge on any atom is 0.442 e. The smallest absolute Gasteiger partial charge is 0.442 e. The van der Waals surface area contributed by atoms with Gasteiger partial charge in [-0.3, -0.25) is 9.72 Å². The molecule has 0 saturated carbocycles. The zero-order valence-electron chi connectivity index (χ0n) is 20.8. The van der Waals surface area contributed by atoms with E-state index in [2.05, 4.69) is 34.1 Å². The fourth-order valence-corrected chi connectivity index (χ4v) is 5.41. The second-order valence-corrected chi connectivity index (χ2v) is 12.4. The van der Waals surface area contributed by atoms with E-state index in [1.165, 1.54) is 6.20 Å². The molecule has 2 aliphatic heterocycles. The van der Waals surface area contributed by atoms with Crippen LogP contribution < -0.4 is 4.74 Å². The van der Waals surface area contributed by atoms with E-state index < -0.39 is 33.8 Å². The molecule has 2 N–H and O–H groups in total. The summed E-state index contributed by atoms with van der Waals surface area (Å²) >= 11 is 6.57. The fraction of sp³-hybridized carbons (Fsp3) is 0.320. The molecule has 0 aliphatic carbocycles. The van der Waals surface area contributed by atoms with Crippen molar-refractivity contribution in [1.82, 2.24) is 24.9 Å². The molecule has 1 aromatic carbocycles. The molecule has 5 heterocycles. The zero-order valence-corrected chi connectivity index (χ0v) is 22.4. The summed E-state index contributed by atoms with van der Waals surface area (Å²) in [4.78, 5) is 24.5. The molecule has 12 nitrogen and oxygen atoms in total. The van der Waals surface area contributed by atoms with Crippen molar-refractivity contribution in [3.8, 4) is 35.1 Å². The SMILES string of the molecule is C#[N+][C@]12OC[C@@H](Oc3nc4nc(-c5ccc(-c6cnc(N=S(C)(C)=O)cn6)cc5)c(Cl)cc4[nH]3)[C@H]1OC[C@H]2O. The lowest BCUT2D eigenvalue weighted by Crippen LogP contribution is -2.45. The van der Waals surface area contributed by atoms with Crippen LogP contribution in [0, 0.1) is 6.57 Å². The Labute approximate surface area is 228 Å². The van der Waals surface area contributed by atoms with Crippen LogP contribution in [0.5, 0.6) is 6.01 Å². The quantitative estimate of drug-likeness (QED) is 0.370. The Bertz CT molecular complexity index is 1720. The minimum atomic E-state index is -2.32. The summed E-state index contributed by atoms with van der Waals surface area (Å²) < 4.78 is 33.2.